The molecular weight excluding hydrogens is 240 g/mol. The number of nitrogens with one attached hydrogen (secondary N) is 1. The van der Waals surface area contributed by atoms with Gasteiger partial charge in [-0.2, -0.15) is 0 Å². The summed E-state index contributed by atoms with van der Waals surface area (Å²) in [4.78, 5) is 12.2. The van der Waals surface area contributed by atoms with E-state index in [1.54, 1.807) is 19.2 Å². The van der Waals surface area contributed by atoms with Gasteiger partial charge in [-0.15, -0.1) is 0 Å². The van der Waals surface area contributed by atoms with Crippen molar-refractivity contribution in [3.05, 3.63) is 29.8 Å². The lowest BCUT2D eigenvalue weighted by molar-refractivity contribution is 0.0929. The van der Waals surface area contributed by atoms with Crippen LogP contribution >= 0.6 is 0 Å². The van der Waals surface area contributed by atoms with Crippen LogP contribution < -0.4 is 15.8 Å². The molecule has 0 heterocycles. The van der Waals surface area contributed by atoms with E-state index in [2.05, 4.69) is 5.32 Å². The SMILES string of the molecule is COc1ccccc1C(=O)NCC1(CN)CCCC1. The van der Waals surface area contributed by atoms with E-state index in [-0.39, 0.29) is 11.3 Å². The number of carbonyl (C=O) groups is 1. The molecule has 0 atom stereocenters. The molecule has 0 unspecified atom stereocenters. The molecule has 3 N–H and O–H groups in total. The van der Waals surface area contributed by atoms with Crippen molar-refractivity contribution in [2.75, 3.05) is 20.2 Å². The Morgan fingerprint density at radius 3 is 2.68 bits per heavy atom. The predicted octanol–water partition coefficient (Wildman–Crippen LogP) is 1.94. The molecule has 0 spiro atoms. The van der Waals surface area contributed by atoms with E-state index in [1.165, 1.54) is 12.8 Å². The molecule has 2 rings (SSSR count). The molecule has 104 valence electrons. The predicted molar refractivity (Wildman–Crippen MR) is 75.3 cm³/mol. The van der Waals surface area contributed by atoms with Crippen LogP contribution in [-0.2, 0) is 0 Å². The van der Waals surface area contributed by atoms with E-state index in [1.807, 2.05) is 12.1 Å². The number of ether oxygens (including phenoxy) is 1. The van der Waals surface area contributed by atoms with Gasteiger partial charge in [0.15, 0.2) is 0 Å². The summed E-state index contributed by atoms with van der Waals surface area (Å²) >= 11 is 0. The van der Waals surface area contributed by atoms with Gasteiger partial charge in [-0.25, -0.2) is 0 Å². The number of hydrogen-bond donors (Lipinski definition) is 2. The van der Waals surface area contributed by atoms with Crippen LogP contribution in [0.5, 0.6) is 5.75 Å². The molecule has 19 heavy (non-hydrogen) atoms. The number of amides is 1. The number of carbonyl (C=O) groups excluding carboxylic acids is 1. The quantitative estimate of drug-likeness (QED) is 0.852. The Balaban J connectivity index is 2.01. The van der Waals surface area contributed by atoms with Gasteiger partial charge in [-0.3, -0.25) is 4.79 Å². The molecule has 1 aromatic rings. The number of nitrogens with two attached hydrogens (primary N) is 1. The number of methoxy groups -OCH3 is 1. The topological polar surface area (TPSA) is 64.3 Å². The summed E-state index contributed by atoms with van der Waals surface area (Å²) in [5.74, 6) is 0.519. The summed E-state index contributed by atoms with van der Waals surface area (Å²) in [5, 5.41) is 3.01. The van der Waals surface area contributed by atoms with Gasteiger partial charge in [0.25, 0.3) is 5.91 Å². The fourth-order valence-electron chi connectivity index (χ4n) is 2.77. The maximum Gasteiger partial charge on any atom is 0.255 e. The highest BCUT2D eigenvalue weighted by molar-refractivity contribution is 5.96. The second-order valence-electron chi connectivity index (χ2n) is 5.29. The van der Waals surface area contributed by atoms with E-state index < -0.39 is 0 Å². The van der Waals surface area contributed by atoms with Crippen molar-refractivity contribution < 1.29 is 9.53 Å². The zero-order valence-corrected chi connectivity index (χ0v) is 11.4. The molecule has 1 aliphatic carbocycles. The molecule has 1 amide bonds. The maximum absolute atomic E-state index is 12.2. The van der Waals surface area contributed by atoms with Crippen LogP contribution in [0.25, 0.3) is 0 Å². The van der Waals surface area contributed by atoms with Crippen LogP contribution in [0.15, 0.2) is 24.3 Å². The van der Waals surface area contributed by atoms with Gasteiger partial charge in [-0.05, 0) is 36.9 Å². The van der Waals surface area contributed by atoms with Crippen molar-refractivity contribution in [1.29, 1.82) is 0 Å². The van der Waals surface area contributed by atoms with E-state index in [0.29, 0.717) is 24.4 Å². The molecule has 0 aliphatic heterocycles. The molecule has 1 aliphatic rings. The van der Waals surface area contributed by atoms with E-state index in [0.717, 1.165) is 12.8 Å². The van der Waals surface area contributed by atoms with Crippen LogP contribution in [0.4, 0.5) is 0 Å². The minimum absolute atomic E-state index is 0.0859. The smallest absolute Gasteiger partial charge is 0.255 e. The van der Waals surface area contributed by atoms with Crippen molar-refractivity contribution in [3.8, 4) is 5.75 Å². The van der Waals surface area contributed by atoms with Crippen LogP contribution in [0.3, 0.4) is 0 Å². The number of hydrogen-bond acceptors (Lipinski definition) is 3. The van der Waals surface area contributed by atoms with Gasteiger partial charge in [0.1, 0.15) is 5.75 Å². The third kappa shape index (κ3) is 3.07. The van der Waals surface area contributed by atoms with Gasteiger partial charge in [0.2, 0.25) is 0 Å². The average molecular weight is 262 g/mol. The maximum atomic E-state index is 12.2. The summed E-state index contributed by atoms with van der Waals surface area (Å²) < 4.78 is 5.20. The lowest BCUT2D eigenvalue weighted by Gasteiger charge is -2.27. The Labute approximate surface area is 114 Å². The Morgan fingerprint density at radius 1 is 1.37 bits per heavy atom. The third-order valence-electron chi connectivity index (χ3n) is 4.07. The largest absolute Gasteiger partial charge is 0.496 e. The number of benzene rings is 1. The van der Waals surface area contributed by atoms with Crippen molar-refractivity contribution >= 4 is 5.91 Å². The minimum atomic E-state index is -0.0859. The molecular formula is C15H22N2O2. The van der Waals surface area contributed by atoms with Gasteiger partial charge in [0, 0.05) is 6.54 Å². The highest BCUT2D eigenvalue weighted by atomic mass is 16.5. The van der Waals surface area contributed by atoms with Crippen LogP contribution in [-0.4, -0.2) is 26.1 Å². The fraction of sp³-hybridized carbons (Fsp3) is 0.533. The van der Waals surface area contributed by atoms with Crippen LogP contribution in [0, 0.1) is 5.41 Å². The van der Waals surface area contributed by atoms with Gasteiger partial charge in [-0.1, -0.05) is 25.0 Å². The molecule has 4 nitrogen and oxygen atoms in total. The first-order valence-electron chi connectivity index (χ1n) is 6.82. The summed E-state index contributed by atoms with van der Waals surface area (Å²) in [7, 11) is 1.57. The summed E-state index contributed by atoms with van der Waals surface area (Å²) in [5.41, 5.74) is 6.55. The molecule has 4 heteroatoms. The highest BCUT2D eigenvalue weighted by Crippen LogP contribution is 2.36. The van der Waals surface area contributed by atoms with Crippen molar-refractivity contribution in [1.82, 2.24) is 5.32 Å². The standard InChI is InChI=1S/C15H22N2O2/c1-19-13-7-3-2-6-12(13)14(18)17-11-15(10-16)8-4-5-9-15/h2-3,6-7H,4-5,8-11,16H2,1H3,(H,17,18). The van der Waals surface area contributed by atoms with Gasteiger partial charge < -0.3 is 15.8 Å². The molecule has 1 saturated carbocycles. The summed E-state index contributed by atoms with van der Waals surface area (Å²) in [6.45, 7) is 1.29. The lowest BCUT2D eigenvalue weighted by Crippen LogP contribution is -2.40. The lowest BCUT2D eigenvalue weighted by atomic mass is 9.86. The normalized spacial score (nSPS) is 17.2. The molecule has 0 saturated heterocycles. The van der Waals surface area contributed by atoms with Crippen LogP contribution in [0.1, 0.15) is 36.0 Å². The molecule has 1 aromatic carbocycles. The molecule has 0 bridgehead atoms. The first kappa shape index (κ1) is 13.9. The Bertz CT molecular complexity index is 440. The molecule has 1 fully saturated rings. The highest BCUT2D eigenvalue weighted by Gasteiger charge is 2.32. The van der Waals surface area contributed by atoms with Gasteiger partial charge in [0.05, 0.1) is 12.7 Å². The average Bonchev–Trinajstić information content (AvgIpc) is 2.94. The fourth-order valence-corrected chi connectivity index (χ4v) is 2.77. The molecule has 0 aromatic heterocycles. The van der Waals surface area contributed by atoms with Crippen molar-refractivity contribution in [3.63, 3.8) is 0 Å². The summed E-state index contributed by atoms with van der Waals surface area (Å²) in [6.07, 6.45) is 4.63. The van der Waals surface area contributed by atoms with Crippen LogP contribution in [0.2, 0.25) is 0 Å². The Kier molecular flexibility index (Phi) is 4.43. The zero-order chi connectivity index (χ0) is 13.7. The molecule has 0 radical (unpaired) electrons. The third-order valence-corrected chi connectivity index (χ3v) is 4.07. The second-order valence-corrected chi connectivity index (χ2v) is 5.29. The van der Waals surface area contributed by atoms with E-state index in [9.17, 15) is 4.79 Å². The minimum Gasteiger partial charge on any atom is -0.496 e. The monoisotopic (exact) mass is 262 g/mol. The Hall–Kier alpha value is -1.55. The van der Waals surface area contributed by atoms with Crippen molar-refractivity contribution in [2.45, 2.75) is 25.7 Å². The first-order valence-corrected chi connectivity index (χ1v) is 6.82. The summed E-state index contributed by atoms with van der Waals surface area (Å²) in [6, 6.07) is 7.26. The Morgan fingerprint density at radius 2 is 2.05 bits per heavy atom. The van der Waals surface area contributed by atoms with E-state index in [4.69, 9.17) is 10.5 Å². The first-order chi connectivity index (χ1) is 9.21. The number of rotatable bonds is 5. The van der Waals surface area contributed by atoms with Gasteiger partial charge >= 0.3 is 0 Å². The zero-order valence-electron chi connectivity index (χ0n) is 11.4. The second kappa shape index (κ2) is 6.06. The van der Waals surface area contributed by atoms with E-state index >= 15 is 0 Å². The number of para-hydroxylation sites is 1. The van der Waals surface area contributed by atoms with Crippen molar-refractivity contribution in [2.24, 2.45) is 11.1 Å².